The van der Waals surface area contributed by atoms with Gasteiger partial charge in [-0.25, -0.2) is 14.6 Å². The van der Waals surface area contributed by atoms with E-state index in [0.717, 1.165) is 6.07 Å². The maximum absolute atomic E-state index is 13.4. The van der Waals surface area contributed by atoms with E-state index in [-0.39, 0.29) is 88.5 Å². The number of carbonyl (C=O) groups excluding carboxylic acids is 3. The molecule has 0 fully saturated rings. The van der Waals surface area contributed by atoms with Crippen molar-refractivity contribution in [1.29, 1.82) is 0 Å². The number of thiocarbonyl (C=S) groups is 2. The van der Waals surface area contributed by atoms with E-state index in [4.69, 9.17) is 17.2 Å². The number of amides is 3. The van der Waals surface area contributed by atoms with Crippen molar-refractivity contribution in [2.45, 2.75) is 13.8 Å². The molecule has 0 unspecified atom stereocenters. The summed E-state index contributed by atoms with van der Waals surface area (Å²) in [6, 6.07) is 7.88. The second kappa shape index (κ2) is 21.1. The predicted octanol–water partition coefficient (Wildman–Crippen LogP) is -0.297. The van der Waals surface area contributed by atoms with Crippen LogP contribution < -0.4 is 44.5 Å². The zero-order chi connectivity index (χ0) is 27.8. The van der Waals surface area contributed by atoms with Gasteiger partial charge in [0, 0.05) is 63.5 Å². The van der Waals surface area contributed by atoms with E-state index < -0.39 is 17.5 Å². The Balaban J connectivity index is -0.000000530. The molecule has 0 saturated carbocycles. The fraction of sp³-hybridized carbons (Fsp3) is 0.100. The number of primary amides is 1. The molecule has 13 nitrogen and oxygen atoms in total. The quantitative estimate of drug-likeness (QED) is 0.0852. The van der Waals surface area contributed by atoms with Gasteiger partial charge in [-0.05, 0) is 60.3 Å². The first-order chi connectivity index (χ1) is 16.8. The van der Waals surface area contributed by atoms with E-state index in [9.17, 15) is 23.2 Å². The van der Waals surface area contributed by atoms with Crippen molar-refractivity contribution >= 4 is 70.0 Å². The van der Waals surface area contributed by atoms with Gasteiger partial charge in [0.1, 0.15) is 11.6 Å². The number of nitrogens with one attached hydrogen (secondary N) is 4. The molecule has 0 heterocycles. The van der Waals surface area contributed by atoms with Gasteiger partial charge in [0.05, 0.1) is 17.6 Å². The van der Waals surface area contributed by atoms with Gasteiger partial charge >= 0.3 is 0 Å². The third kappa shape index (κ3) is 18.4. The van der Waals surface area contributed by atoms with Crippen LogP contribution in [0.3, 0.4) is 0 Å². The molecule has 0 aliphatic heterocycles. The summed E-state index contributed by atoms with van der Waals surface area (Å²) in [5.74, 6) is 2.01. The molecular formula is C20H27AcF2N9O4S2. The van der Waals surface area contributed by atoms with Crippen LogP contribution in [-0.2, 0) is 9.59 Å². The smallest absolute Gasteiger partial charge is 0.248 e. The maximum atomic E-state index is 13.4. The first-order valence-electron chi connectivity index (χ1n) is 9.55. The molecule has 14 N–H and O–H groups in total. The van der Waals surface area contributed by atoms with Crippen molar-refractivity contribution in [3.63, 3.8) is 0 Å². The minimum Gasteiger partial charge on any atom is -0.412 e. The van der Waals surface area contributed by atoms with Crippen LogP contribution in [0.2, 0.25) is 0 Å². The van der Waals surface area contributed by atoms with Crippen molar-refractivity contribution in [2.24, 2.45) is 28.1 Å². The number of hydrazone groups is 1. The number of nitrogens with zero attached hydrogens (tertiary/aromatic N) is 1. The summed E-state index contributed by atoms with van der Waals surface area (Å²) in [5.41, 5.74) is 20.0. The molecule has 0 spiro atoms. The number of anilines is 2. The van der Waals surface area contributed by atoms with Gasteiger partial charge in [-0.3, -0.25) is 19.8 Å². The van der Waals surface area contributed by atoms with E-state index in [2.05, 4.69) is 51.4 Å². The number of hydrogen-bond donors (Lipinski definition) is 8. The van der Waals surface area contributed by atoms with Crippen LogP contribution in [0.1, 0.15) is 29.8 Å². The first-order valence-corrected chi connectivity index (χ1v) is 10.4. The third-order valence-corrected chi connectivity index (χ3v) is 3.61. The fourth-order valence-corrected chi connectivity index (χ4v) is 2.09. The van der Waals surface area contributed by atoms with Crippen molar-refractivity contribution in [3.05, 3.63) is 59.2 Å². The van der Waals surface area contributed by atoms with Gasteiger partial charge in [0.15, 0.2) is 10.2 Å². The SMILES string of the molecule is CC(=O)Nc1ccc(/C=N/NC(N)=S)cc1F.CC(=O)Nc1ccc(C(N)=O)cc1F.NNC(N)=S.O.[Ac]. The van der Waals surface area contributed by atoms with E-state index in [1.165, 1.54) is 44.3 Å². The van der Waals surface area contributed by atoms with Gasteiger partial charge in [-0.2, -0.15) is 5.10 Å². The van der Waals surface area contributed by atoms with Crippen molar-refractivity contribution in [2.75, 3.05) is 10.6 Å². The number of halogens is 2. The van der Waals surface area contributed by atoms with Gasteiger partial charge in [0.25, 0.3) is 0 Å². The Morgan fingerprint density at radius 2 is 1.32 bits per heavy atom. The Hall–Kier alpha value is -2.88. The summed E-state index contributed by atoms with van der Waals surface area (Å²) in [4.78, 5) is 32.0. The van der Waals surface area contributed by atoms with Crippen molar-refractivity contribution in [1.82, 2.24) is 10.9 Å². The van der Waals surface area contributed by atoms with E-state index in [1.54, 1.807) is 6.07 Å². The largest absolute Gasteiger partial charge is 0.412 e. The molecule has 18 heteroatoms. The summed E-state index contributed by atoms with van der Waals surface area (Å²) in [7, 11) is 0. The summed E-state index contributed by atoms with van der Waals surface area (Å²) in [6.45, 7) is 2.57. The zero-order valence-corrected chi connectivity index (χ0v) is 26.6. The fourth-order valence-electron chi connectivity index (χ4n) is 2.03. The maximum Gasteiger partial charge on any atom is 0.248 e. The topological polar surface area (TPSA) is 247 Å². The van der Waals surface area contributed by atoms with Crippen LogP contribution in [0.5, 0.6) is 0 Å². The molecule has 0 aromatic heterocycles. The molecular weight excluding hydrogens is 759 g/mol. The molecule has 38 heavy (non-hydrogen) atoms. The number of hydrazine groups is 1. The van der Waals surface area contributed by atoms with Gasteiger partial charge in [-0.15, -0.1) is 0 Å². The van der Waals surface area contributed by atoms with Crippen LogP contribution >= 0.6 is 24.4 Å². The number of rotatable bonds is 5. The molecule has 0 saturated heterocycles. The standard InChI is InChI=1S/C10H11FN4OS.C9H9FN2O2.CH5N3S.Ac.H2O/c1-6(16)14-9-3-2-7(4-8(9)11)5-13-15-10(12)17;1-5(13)12-8-3-2-6(9(11)14)4-7(8)10;2-1(5)4-3;;/h2-5H,1H3,(H,14,16)(H3,12,15,17);2-4H,1H3,(H2,11,14)(H,12,13);3H2,(H3,2,4,5);;1H2/b13-5+;;;;. The van der Waals surface area contributed by atoms with E-state index >= 15 is 0 Å². The summed E-state index contributed by atoms with van der Waals surface area (Å²) < 4.78 is 26.6. The van der Waals surface area contributed by atoms with Crippen LogP contribution in [0, 0.1) is 55.7 Å². The monoisotopic (exact) mass is 786 g/mol. The number of hydrogen-bond acceptors (Lipinski definition) is 7. The number of nitrogens with two attached hydrogens (primary N) is 4. The average molecular weight is 787 g/mol. The second-order valence-corrected chi connectivity index (χ2v) is 7.28. The molecule has 0 atom stereocenters. The minimum atomic E-state index is -0.710. The summed E-state index contributed by atoms with van der Waals surface area (Å²) in [5, 5.41) is 8.45. The Kier molecular flexibility index (Phi) is 22.0. The van der Waals surface area contributed by atoms with Gasteiger partial charge in [-0.1, -0.05) is 6.07 Å². The summed E-state index contributed by atoms with van der Waals surface area (Å²) >= 11 is 8.77. The predicted molar refractivity (Wildman–Crippen MR) is 145 cm³/mol. The Morgan fingerprint density at radius 1 is 0.868 bits per heavy atom. The molecule has 0 bridgehead atoms. The normalized spacial score (nSPS) is 8.97. The van der Waals surface area contributed by atoms with E-state index in [1.807, 2.05) is 5.43 Å². The molecule has 0 aliphatic rings. The van der Waals surface area contributed by atoms with Crippen molar-refractivity contribution < 1.29 is 72.7 Å². The van der Waals surface area contributed by atoms with Crippen LogP contribution in [0.4, 0.5) is 20.2 Å². The number of benzene rings is 2. The van der Waals surface area contributed by atoms with Crippen molar-refractivity contribution in [3.8, 4) is 0 Å². The Labute approximate surface area is 263 Å². The Bertz CT molecular complexity index is 1160. The van der Waals surface area contributed by atoms with Gasteiger partial charge in [0.2, 0.25) is 17.7 Å². The molecule has 0 aliphatic carbocycles. The minimum absolute atomic E-state index is 0. The second-order valence-electron chi connectivity index (χ2n) is 6.40. The van der Waals surface area contributed by atoms with Crippen LogP contribution in [0.25, 0.3) is 0 Å². The number of carbonyl (C=O) groups is 3. The average Bonchev–Trinajstić information content (AvgIpc) is 2.77. The van der Waals surface area contributed by atoms with Crippen LogP contribution in [-0.4, -0.2) is 39.6 Å². The van der Waals surface area contributed by atoms with Crippen LogP contribution in [0.15, 0.2) is 41.5 Å². The molecule has 2 aromatic carbocycles. The van der Waals surface area contributed by atoms with Gasteiger partial charge < -0.3 is 38.7 Å². The molecule has 3 amide bonds. The summed E-state index contributed by atoms with van der Waals surface area (Å²) in [6.07, 6.45) is 1.36. The molecule has 1 radical (unpaired) electrons. The Morgan fingerprint density at radius 3 is 1.66 bits per heavy atom. The van der Waals surface area contributed by atoms with E-state index in [0.29, 0.717) is 5.56 Å². The molecule has 2 aromatic rings. The first kappa shape index (κ1) is 39.6. The zero-order valence-electron chi connectivity index (χ0n) is 20.2. The third-order valence-electron chi connectivity index (χ3n) is 3.40. The molecule has 205 valence electrons. The molecule has 2 rings (SSSR count).